The summed E-state index contributed by atoms with van der Waals surface area (Å²) in [4.78, 5) is 12.5. The van der Waals surface area contributed by atoms with Crippen LogP contribution in [0, 0.1) is 0 Å². The summed E-state index contributed by atoms with van der Waals surface area (Å²) in [5, 5.41) is 14.2. The zero-order chi connectivity index (χ0) is 14.1. The highest BCUT2D eigenvalue weighted by Crippen LogP contribution is 2.23. The molecule has 1 N–H and O–H groups in total. The van der Waals surface area contributed by atoms with E-state index < -0.39 is 0 Å². The van der Waals surface area contributed by atoms with Crippen molar-refractivity contribution in [1.82, 2.24) is 20.0 Å². The van der Waals surface area contributed by atoms with Crippen molar-refractivity contribution in [3.63, 3.8) is 0 Å². The number of hydrogen-bond acceptors (Lipinski definition) is 6. The van der Waals surface area contributed by atoms with Crippen LogP contribution in [-0.2, 0) is 7.05 Å². The number of amides is 1. The smallest absolute Gasteiger partial charge is 0.322 e. The van der Waals surface area contributed by atoms with E-state index in [2.05, 4.69) is 36.5 Å². The number of hydrogen-bond donors (Lipinski definition) is 1. The first kappa shape index (κ1) is 13.0. The van der Waals surface area contributed by atoms with Gasteiger partial charge < -0.3 is 4.42 Å². The number of anilines is 1. The third kappa shape index (κ3) is 2.49. The Morgan fingerprint density at radius 1 is 1.40 bits per heavy atom. The van der Waals surface area contributed by atoms with Crippen molar-refractivity contribution in [3.05, 3.63) is 33.1 Å². The number of rotatable bonds is 3. The number of aryl methyl sites for hydroxylation is 1. The van der Waals surface area contributed by atoms with E-state index in [9.17, 15) is 4.79 Å². The van der Waals surface area contributed by atoms with E-state index in [4.69, 9.17) is 4.42 Å². The van der Waals surface area contributed by atoms with Crippen LogP contribution in [0.2, 0.25) is 0 Å². The fraction of sp³-hybridized carbons (Fsp3) is 0.0909. The van der Waals surface area contributed by atoms with Gasteiger partial charge >= 0.3 is 6.01 Å². The normalized spacial score (nSPS) is 10.7. The van der Waals surface area contributed by atoms with Crippen LogP contribution in [0.5, 0.6) is 0 Å². The Labute approximate surface area is 125 Å². The van der Waals surface area contributed by atoms with Gasteiger partial charge in [0, 0.05) is 13.2 Å². The van der Waals surface area contributed by atoms with Gasteiger partial charge in [-0.2, -0.15) is 5.10 Å². The number of nitrogens with zero attached hydrogens (tertiary/aromatic N) is 4. The molecule has 0 saturated carbocycles. The molecular weight excluding hydrogens is 346 g/mol. The number of nitrogens with one attached hydrogen (secondary N) is 1. The number of thiophene rings is 1. The standard InChI is InChI=1S/C11H8BrN5O2S/c1-17-6(4-5-13-17)10-15-16-11(19-10)14-9(18)7-2-3-8(12)20-7/h2-5H,1H3,(H,14,16,18). The maximum absolute atomic E-state index is 11.9. The summed E-state index contributed by atoms with van der Waals surface area (Å²) < 4.78 is 7.87. The largest absolute Gasteiger partial charge is 0.401 e. The highest BCUT2D eigenvalue weighted by atomic mass is 79.9. The van der Waals surface area contributed by atoms with E-state index in [0.717, 1.165) is 3.79 Å². The van der Waals surface area contributed by atoms with Crippen molar-refractivity contribution in [2.45, 2.75) is 0 Å². The quantitative estimate of drug-likeness (QED) is 0.781. The molecule has 3 aromatic rings. The molecule has 3 aromatic heterocycles. The second-order valence-corrected chi connectivity index (χ2v) is 6.27. The lowest BCUT2D eigenvalue weighted by molar-refractivity contribution is 0.102. The van der Waals surface area contributed by atoms with Crippen LogP contribution in [0.15, 0.2) is 32.6 Å². The van der Waals surface area contributed by atoms with E-state index in [-0.39, 0.29) is 11.9 Å². The van der Waals surface area contributed by atoms with E-state index in [1.807, 2.05) is 0 Å². The molecule has 0 bridgehead atoms. The third-order valence-corrected chi connectivity index (χ3v) is 4.10. The minimum absolute atomic E-state index is 0.0516. The van der Waals surface area contributed by atoms with Crippen molar-refractivity contribution < 1.29 is 9.21 Å². The molecule has 0 aromatic carbocycles. The van der Waals surface area contributed by atoms with Gasteiger partial charge in [-0.1, -0.05) is 5.10 Å². The van der Waals surface area contributed by atoms with Gasteiger partial charge in [-0.05, 0) is 34.1 Å². The monoisotopic (exact) mass is 353 g/mol. The fourth-order valence-electron chi connectivity index (χ4n) is 1.56. The molecule has 3 heterocycles. The number of carbonyl (C=O) groups is 1. The minimum Gasteiger partial charge on any atom is -0.401 e. The summed E-state index contributed by atoms with van der Waals surface area (Å²) in [7, 11) is 1.76. The molecule has 0 radical (unpaired) electrons. The van der Waals surface area contributed by atoms with Crippen molar-refractivity contribution in [2.24, 2.45) is 7.05 Å². The lowest BCUT2D eigenvalue weighted by Gasteiger charge is -1.96. The van der Waals surface area contributed by atoms with Gasteiger partial charge in [0.1, 0.15) is 5.69 Å². The summed E-state index contributed by atoms with van der Waals surface area (Å²) in [6.45, 7) is 0. The molecule has 3 rings (SSSR count). The Morgan fingerprint density at radius 2 is 2.25 bits per heavy atom. The van der Waals surface area contributed by atoms with Gasteiger partial charge in [-0.15, -0.1) is 16.4 Å². The first-order valence-corrected chi connectivity index (χ1v) is 7.13. The molecule has 1 amide bonds. The van der Waals surface area contributed by atoms with Crippen LogP contribution in [0.1, 0.15) is 9.67 Å². The molecule has 9 heteroatoms. The maximum atomic E-state index is 11.9. The average molecular weight is 354 g/mol. The van der Waals surface area contributed by atoms with Gasteiger partial charge in [0.25, 0.3) is 11.8 Å². The molecule has 0 aliphatic carbocycles. The predicted molar refractivity (Wildman–Crippen MR) is 76.5 cm³/mol. The molecule has 0 unspecified atom stereocenters. The number of carbonyl (C=O) groups excluding carboxylic acids is 1. The molecular formula is C11H8BrN5O2S. The molecule has 0 fully saturated rings. The fourth-order valence-corrected chi connectivity index (χ4v) is 2.84. The van der Waals surface area contributed by atoms with Crippen LogP contribution in [0.3, 0.4) is 0 Å². The minimum atomic E-state index is -0.291. The lowest BCUT2D eigenvalue weighted by atomic mass is 10.4. The Bertz CT molecular complexity index is 762. The van der Waals surface area contributed by atoms with Gasteiger partial charge in [-0.25, -0.2) is 0 Å². The van der Waals surface area contributed by atoms with E-state index >= 15 is 0 Å². The summed E-state index contributed by atoms with van der Waals surface area (Å²) in [6.07, 6.45) is 1.63. The van der Waals surface area contributed by atoms with Gasteiger partial charge in [-0.3, -0.25) is 14.8 Å². The molecule has 0 aliphatic rings. The van der Waals surface area contributed by atoms with Crippen LogP contribution < -0.4 is 5.32 Å². The second-order valence-electron chi connectivity index (χ2n) is 3.81. The zero-order valence-corrected chi connectivity index (χ0v) is 12.6. The topological polar surface area (TPSA) is 85.8 Å². The first-order valence-electron chi connectivity index (χ1n) is 5.52. The molecule has 20 heavy (non-hydrogen) atoms. The van der Waals surface area contributed by atoms with E-state index in [1.54, 1.807) is 36.1 Å². The Hall–Kier alpha value is -2.00. The van der Waals surface area contributed by atoms with Crippen LogP contribution in [-0.4, -0.2) is 25.9 Å². The highest BCUT2D eigenvalue weighted by Gasteiger charge is 2.15. The number of aromatic nitrogens is 4. The zero-order valence-electron chi connectivity index (χ0n) is 10.2. The molecule has 102 valence electrons. The van der Waals surface area contributed by atoms with Gasteiger partial charge in [0.15, 0.2) is 0 Å². The van der Waals surface area contributed by atoms with E-state index in [0.29, 0.717) is 16.5 Å². The predicted octanol–water partition coefficient (Wildman–Crippen LogP) is 2.55. The van der Waals surface area contributed by atoms with Gasteiger partial charge in [0.2, 0.25) is 0 Å². The third-order valence-electron chi connectivity index (χ3n) is 2.48. The van der Waals surface area contributed by atoms with E-state index in [1.165, 1.54) is 11.3 Å². The summed E-state index contributed by atoms with van der Waals surface area (Å²) in [6, 6.07) is 5.31. The number of halogens is 1. The van der Waals surface area contributed by atoms with Crippen molar-refractivity contribution in [1.29, 1.82) is 0 Å². The molecule has 0 spiro atoms. The molecule has 0 atom stereocenters. The lowest BCUT2D eigenvalue weighted by Crippen LogP contribution is -2.10. The average Bonchev–Trinajstić information content (AvgIpc) is 3.10. The van der Waals surface area contributed by atoms with Crippen molar-refractivity contribution >= 4 is 39.2 Å². The van der Waals surface area contributed by atoms with Crippen molar-refractivity contribution in [2.75, 3.05) is 5.32 Å². The van der Waals surface area contributed by atoms with Gasteiger partial charge in [0.05, 0.1) is 8.66 Å². The second kappa shape index (κ2) is 5.17. The van der Waals surface area contributed by atoms with Crippen LogP contribution in [0.25, 0.3) is 11.6 Å². The van der Waals surface area contributed by atoms with Crippen LogP contribution >= 0.6 is 27.3 Å². The SMILES string of the molecule is Cn1nccc1-c1nnc(NC(=O)c2ccc(Br)s2)o1. The van der Waals surface area contributed by atoms with Crippen LogP contribution in [0.4, 0.5) is 6.01 Å². The maximum Gasteiger partial charge on any atom is 0.322 e. The Kier molecular flexibility index (Phi) is 3.36. The summed E-state index contributed by atoms with van der Waals surface area (Å²) >= 11 is 4.62. The first-order chi connectivity index (χ1) is 9.63. The van der Waals surface area contributed by atoms with Crippen molar-refractivity contribution in [3.8, 4) is 11.6 Å². The molecule has 7 nitrogen and oxygen atoms in total. The highest BCUT2D eigenvalue weighted by molar-refractivity contribution is 9.11. The molecule has 0 aliphatic heterocycles. The Balaban J connectivity index is 1.78. The molecule has 0 saturated heterocycles. The Morgan fingerprint density at radius 3 is 2.90 bits per heavy atom. The summed E-state index contributed by atoms with van der Waals surface area (Å²) in [5.41, 5.74) is 0.678. The summed E-state index contributed by atoms with van der Waals surface area (Å²) in [5.74, 6) is 0.00793.